The van der Waals surface area contributed by atoms with Crippen molar-refractivity contribution in [1.29, 1.82) is 0 Å². The van der Waals surface area contributed by atoms with Crippen molar-refractivity contribution in [1.82, 2.24) is 0 Å². The van der Waals surface area contributed by atoms with Gasteiger partial charge in [0.15, 0.2) is 23.9 Å². The van der Waals surface area contributed by atoms with E-state index in [-0.39, 0.29) is 11.3 Å². The van der Waals surface area contributed by atoms with Crippen LogP contribution in [0.5, 0.6) is 11.5 Å². The standard InChI is InChI=1S/C22H23NO7/c1-22(2,3)30-21(26)23-16-7-4-14(5-8-16)20(25)29-13-17(24)15-6-9-18-19(12-15)28-11-10-27-18/h4-9,12H,10-11,13H2,1-3H3,(H,23,26). The average molecular weight is 413 g/mol. The van der Waals surface area contributed by atoms with Gasteiger partial charge in [-0.15, -0.1) is 0 Å². The van der Waals surface area contributed by atoms with E-state index in [1.165, 1.54) is 12.1 Å². The number of hydrogen-bond donors (Lipinski definition) is 1. The second-order valence-electron chi connectivity index (χ2n) is 7.56. The third kappa shape index (κ3) is 5.73. The minimum atomic E-state index is -0.648. The summed E-state index contributed by atoms with van der Waals surface area (Å²) < 4.78 is 21.1. The zero-order chi connectivity index (χ0) is 21.7. The van der Waals surface area contributed by atoms with Crippen molar-refractivity contribution in [3.63, 3.8) is 0 Å². The first kappa shape index (κ1) is 21.2. The molecule has 3 rings (SSSR count). The van der Waals surface area contributed by atoms with Crippen LogP contribution in [0, 0.1) is 0 Å². The van der Waals surface area contributed by atoms with Crippen LogP contribution in [-0.4, -0.2) is 43.3 Å². The summed E-state index contributed by atoms with van der Waals surface area (Å²) in [6, 6.07) is 10.9. The predicted molar refractivity (Wildman–Crippen MR) is 108 cm³/mol. The zero-order valence-corrected chi connectivity index (χ0v) is 17.0. The fourth-order valence-corrected chi connectivity index (χ4v) is 2.63. The quantitative estimate of drug-likeness (QED) is 0.587. The zero-order valence-electron chi connectivity index (χ0n) is 17.0. The maximum Gasteiger partial charge on any atom is 0.412 e. The van der Waals surface area contributed by atoms with Gasteiger partial charge in [-0.2, -0.15) is 0 Å². The number of carbonyl (C=O) groups excluding carboxylic acids is 3. The van der Waals surface area contributed by atoms with Crippen LogP contribution in [0.4, 0.5) is 10.5 Å². The molecule has 158 valence electrons. The fraction of sp³-hybridized carbons (Fsp3) is 0.318. The number of rotatable bonds is 5. The Hall–Kier alpha value is -3.55. The molecule has 2 aromatic rings. The minimum absolute atomic E-state index is 0.250. The number of ether oxygens (including phenoxy) is 4. The lowest BCUT2D eigenvalue weighted by atomic mass is 10.1. The molecule has 1 heterocycles. The van der Waals surface area contributed by atoms with Gasteiger partial charge in [0.1, 0.15) is 18.8 Å². The van der Waals surface area contributed by atoms with Crippen molar-refractivity contribution in [2.45, 2.75) is 26.4 Å². The molecule has 0 unspecified atom stereocenters. The Morgan fingerprint density at radius 2 is 1.57 bits per heavy atom. The molecule has 1 aliphatic rings. The van der Waals surface area contributed by atoms with Crippen LogP contribution in [-0.2, 0) is 9.47 Å². The van der Waals surface area contributed by atoms with Crippen molar-refractivity contribution in [3.05, 3.63) is 53.6 Å². The Morgan fingerprint density at radius 1 is 0.933 bits per heavy atom. The van der Waals surface area contributed by atoms with Crippen molar-refractivity contribution < 1.29 is 33.3 Å². The van der Waals surface area contributed by atoms with Crippen LogP contribution < -0.4 is 14.8 Å². The summed E-state index contributed by atoms with van der Waals surface area (Å²) >= 11 is 0. The summed E-state index contributed by atoms with van der Waals surface area (Å²) in [4.78, 5) is 36.3. The van der Waals surface area contributed by atoms with Gasteiger partial charge in [0, 0.05) is 11.3 Å². The Balaban J connectivity index is 1.53. The lowest BCUT2D eigenvalue weighted by Crippen LogP contribution is -2.27. The van der Waals surface area contributed by atoms with E-state index in [1.807, 2.05) is 0 Å². The lowest BCUT2D eigenvalue weighted by Gasteiger charge is -2.19. The van der Waals surface area contributed by atoms with Crippen LogP contribution in [0.1, 0.15) is 41.5 Å². The van der Waals surface area contributed by atoms with Gasteiger partial charge in [-0.25, -0.2) is 9.59 Å². The highest BCUT2D eigenvalue weighted by Gasteiger charge is 2.18. The van der Waals surface area contributed by atoms with E-state index in [2.05, 4.69) is 5.32 Å². The summed E-state index contributed by atoms with van der Waals surface area (Å²) in [6.45, 7) is 5.76. The monoisotopic (exact) mass is 413 g/mol. The molecular weight excluding hydrogens is 390 g/mol. The summed E-state index contributed by atoms with van der Waals surface area (Å²) in [5.41, 5.74) is 0.467. The van der Waals surface area contributed by atoms with E-state index in [0.29, 0.717) is 36.0 Å². The van der Waals surface area contributed by atoms with Crippen molar-refractivity contribution in [3.8, 4) is 11.5 Å². The molecular formula is C22H23NO7. The molecule has 0 aliphatic carbocycles. The number of anilines is 1. The third-order valence-corrected chi connectivity index (χ3v) is 3.96. The van der Waals surface area contributed by atoms with Gasteiger partial charge in [-0.3, -0.25) is 10.1 Å². The van der Waals surface area contributed by atoms with E-state index in [0.717, 1.165) is 0 Å². The number of fused-ring (bicyclic) bond motifs is 1. The number of hydrogen-bond acceptors (Lipinski definition) is 7. The molecule has 1 aliphatic heterocycles. The predicted octanol–water partition coefficient (Wildman–Crippen LogP) is 3.84. The van der Waals surface area contributed by atoms with Crippen LogP contribution >= 0.6 is 0 Å². The maximum absolute atomic E-state index is 12.3. The highest BCUT2D eigenvalue weighted by Crippen LogP contribution is 2.30. The van der Waals surface area contributed by atoms with Gasteiger partial charge >= 0.3 is 12.1 Å². The van der Waals surface area contributed by atoms with Crippen LogP contribution in [0.3, 0.4) is 0 Å². The summed E-state index contributed by atoms with van der Waals surface area (Å²) in [5.74, 6) is 0.0645. The molecule has 0 saturated carbocycles. The fourth-order valence-electron chi connectivity index (χ4n) is 2.63. The first-order valence-corrected chi connectivity index (χ1v) is 9.41. The van der Waals surface area contributed by atoms with E-state index in [1.54, 1.807) is 51.1 Å². The van der Waals surface area contributed by atoms with Gasteiger partial charge in [0.05, 0.1) is 5.56 Å². The van der Waals surface area contributed by atoms with Crippen LogP contribution in [0.15, 0.2) is 42.5 Å². The van der Waals surface area contributed by atoms with Crippen LogP contribution in [0.25, 0.3) is 0 Å². The van der Waals surface area contributed by atoms with Gasteiger partial charge in [-0.1, -0.05) is 0 Å². The summed E-state index contributed by atoms with van der Waals surface area (Å²) in [5, 5.41) is 2.57. The van der Waals surface area contributed by atoms with E-state index in [4.69, 9.17) is 18.9 Å². The molecule has 0 radical (unpaired) electrons. The molecule has 0 bridgehead atoms. The van der Waals surface area contributed by atoms with Crippen molar-refractivity contribution in [2.75, 3.05) is 25.1 Å². The largest absolute Gasteiger partial charge is 0.486 e. The number of esters is 1. The molecule has 0 saturated heterocycles. The SMILES string of the molecule is CC(C)(C)OC(=O)Nc1ccc(C(=O)OCC(=O)c2ccc3c(c2)OCCO3)cc1. The van der Waals surface area contributed by atoms with Crippen LogP contribution in [0.2, 0.25) is 0 Å². The molecule has 30 heavy (non-hydrogen) atoms. The number of benzene rings is 2. The molecule has 1 amide bonds. The van der Waals surface area contributed by atoms with Gasteiger partial charge < -0.3 is 18.9 Å². The summed E-state index contributed by atoms with van der Waals surface area (Å²) in [6.07, 6.45) is -0.595. The Kier molecular flexibility index (Phi) is 6.25. The summed E-state index contributed by atoms with van der Waals surface area (Å²) in [7, 11) is 0. The highest BCUT2D eigenvalue weighted by molar-refractivity contribution is 6.00. The topological polar surface area (TPSA) is 100 Å². The number of Topliss-reactive ketones (excluding diaryl/α,β-unsaturated/α-hetero) is 1. The average Bonchev–Trinajstić information content (AvgIpc) is 2.70. The van der Waals surface area contributed by atoms with E-state index >= 15 is 0 Å². The molecule has 1 N–H and O–H groups in total. The van der Waals surface area contributed by atoms with Gasteiger partial charge in [-0.05, 0) is 63.2 Å². The number of amides is 1. The van der Waals surface area contributed by atoms with Crippen molar-refractivity contribution in [2.24, 2.45) is 0 Å². The molecule has 0 aromatic heterocycles. The van der Waals surface area contributed by atoms with Gasteiger partial charge in [0.25, 0.3) is 0 Å². The molecule has 8 nitrogen and oxygen atoms in total. The molecule has 0 spiro atoms. The third-order valence-electron chi connectivity index (χ3n) is 3.96. The van der Waals surface area contributed by atoms with Crippen molar-refractivity contribution >= 4 is 23.5 Å². The van der Waals surface area contributed by atoms with E-state index < -0.39 is 24.3 Å². The first-order chi connectivity index (χ1) is 14.2. The number of ketones is 1. The second-order valence-corrected chi connectivity index (χ2v) is 7.56. The lowest BCUT2D eigenvalue weighted by molar-refractivity contribution is 0.0474. The number of carbonyl (C=O) groups is 3. The first-order valence-electron chi connectivity index (χ1n) is 9.41. The maximum atomic E-state index is 12.3. The minimum Gasteiger partial charge on any atom is -0.486 e. The highest BCUT2D eigenvalue weighted by atomic mass is 16.6. The Bertz CT molecular complexity index is 945. The molecule has 2 aromatic carbocycles. The Morgan fingerprint density at radius 3 is 2.23 bits per heavy atom. The van der Waals surface area contributed by atoms with Gasteiger partial charge in [0.2, 0.25) is 0 Å². The smallest absolute Gasteiger partial charge is 0.412 e. The second kappa shape index (κ2) is 8.86. The molecule has 0 fully saturated rings. The molecule has 0 atom stereocenters. The molecule has 8 heteroatoms. The number of nitrogens with one attached hydrogen (secondary N) is 1. The Labute approximate surface area is 174 Å². The van der Waals surface area contributed by atoms with E-state index in [9.17, 15) is 14.4 Å². The normalized spacial score (nSPS) is 12.6.